The Morgan fingerprint density at radius 1 is 1.14 bits per heavy atom. The highest BCUT2D eigenvalue weighted by molar-refractivity contribution is 7.94. The zero-order valence-corrected chi connectivity index (χ0v) is 18.8. The Hall–Kier alpha value is -1.20. The van der Waals surface area contributed by atoms with Crippen LogP contribution in [0.2, 0.25) is 5.02 Å². The summed E-state index contributed by atoms with van der Waals surface area (Å²) in [4.78, 5) is 5.93. The van der Waals surface area contributed by atoms with Gasteiger partial charge in [0, 0.05) is 18.1 Å². The Kier molecular flexibility index (Phi) is 6.07. The SMILES string of the molecule is CCS(=O)(=O)c1nc(S(=O)(=O)c2ccc(Cl)cc2)c(N2C[C@H](C)O[C@@H](C)C2)s1. The summed E-state index contributed by atoms with van der Waals surface area (Å²) in [5.74, 6) is -0.156. The summed E-state index contributed by atoms with van der Waals surface area (Å²) in [5.41, 5.74) is 0. The van der Waals surface area contributed by atoms with Crippen LogP contribution in [0.4, 0.5) is 5.00 Å². The van der Waals surface area contributed by atoms with Gasteiger partial charge in [-0.05, 0) is 38.1 Å². The Bertz CT molecular complexity index is 1050. The van der Waals surface area contributed by atoms with Crippen LogP contribution in [-0.4, -0.2) is 52.9 Å². The molecule has 0 N–H and O–H groups in total. The van der Waals surface area contributed by atoms with E-state index in [4.69, 9.17) is 16.3 Å². The van der Waals surface area contributed by atoms with Gasteiger partial charge in [-0.2, -0.15) is 0 Å². The first-order chi connectivity index (χ1) is 13.0. The molecule has 0 spiro atoms. The molecule has 1 aromatic carbocycles. The molecule has 0 unspecified atom stereocenters. The minimum absolute atomic E-state index is 0.0123. The van der Waals surface area contributed by atoms with Crippen molar-refractivity contribution in [3.8, 4) is 0 Å². The number of morpholine rings is 1. The topological polar surface area (TPSA) is 93.6 Å². The largest absolute Gasteiger partial charge is 0.372 e. The lowest BCUT2D eigenvalue weighted by Gasteiger charge is -2.36. The second-order valence-electron chi connectivity index (χ2n) is 6.61. The van der Waals surface area contributed by atoms with Crippen LogP contribution in [0.15, 0.2) is 38.5 Å². The predicted octanol–water partition coefficient (Wildman–Crippen LogP) is 3.04. The van der Waals surface area contributed by atoms with E-state index in [1.54, 1.807) is 0 Å². The zero-order valence-electron chi connectivity index (χ0n) is 15.6. The maximum Gasteiger partial charge on any atom is 0.226 e. The normalized spacial score (nSPS) is 21.1. The number of nitrogens with zero attached hydrogens (tertiary/aromatic N) is 2. The van der Waals surface area contributed by atoms with Gasteiger partial charge in [-0.15, -0.1) is 0 Å². The number of anilines is 1. The summed E-state index contributed by atoms with van der Waals surface area (Å²) in [6.45, 7) is 6.17. The van der Waals surface area contributed by atoms with Gasteiger partial charge in [0.2, 0.25) is 24.0 Å². The molecule has 11 heteroatoms. The molecule has 1 aliphatic heterocycles. The molecule has 0 aliphatic carbocycles. The van der Waals surface area contributed by atoms with Crippen molar-refractivity contribution in [1.82, 2.24) is 4.98 Å². The van der Waals surface area contributed by atoms with E-state index in [0.717, 1.165) is 11.3 Å². The Morgan fingerprint density at radius 3 is 2.25 bits per heavy atom. The number of hydrogen-bond donors (Lipinski definition) is 0. The molecule has 2 atom stereocenters. The van der Waals surface area contributed by atoms with Gasteiger partial charge in [-0.1, -0.05) is 29.9 Å². The summed E-state index contributed by atoms with van der Waals surface area (Å²) in [6.07, 6.45) is -0.244. The van der Waals surface area contributed by atoms with E-state index < -0.39 is 19.7 Å². The summed E-state index contributed by atoms with van der Waals surface area (Å²) >= 11 is 6.76. The number of ether oxygens (including phenoxy) is 1. The highest BCUT2D eigenvalue weighted by Crippen LogP contribution is 2.38. The number of rotatable bonds is 5. The lowest BCUT2D eigenvalue weighted by Crippen LogP contribution is -2.45. The van der Waals surface area contributed by atoms with E-state index in [2.05, 4.69) is 4.98 Å². The first-order valence-corrected chi connectivity index (χ1v) is 13.0. The predicted molar refractivity (Wildman–Crippen MR) is 109 cm³/mol. The molecule has 1 saturated heterocycles. The number of halogens is 1. The van der Waals surface area contributed by atoms with Gasteiger partial charge in [-0.25, -0.2) is 21.8 Å². The summed E-state index contributed by atoms with van der Waals surface area (Å²) in [6, 6.07) is 5.73. The Morgan fingerprint density at radius 2 is 1.71 bits per heavy atom. The molecule has 3 rings (SSSR count). The highest BCUT2D eigenvalue weighted by Gasteiger charge is 2.34. The third-order valence-electron chi connectivity index (χ3n) is 4.29. The lowest BCUT2D eigenvalue weighted by atomic mass is 10.2. The second-order valence-corrected chi connectivity index (χ2v) is 12.3. The third-order valence-corrected chi connectivity index (χ3v) is 9.66. The van der Waals surface area contributed by atoms with Crippen LogP contribution in [-0.2, 0) is 24.4 Å². The van der Waals surface area contributed by atoms with E-state index in [1.165, 1.54) is 31.2 Å². The molecule has 0 saturated carbocycles. The van der Waals surface area contributed by atoms with Crippen LogP contribution in [0.25, 0.3) is 0 Å². The molecule has 0 amide bonds. The average Bonchev–Trinajstić information content (AvgIpc) is 3.08. The van der Waals surface area contributed by atoms with Crippen molar-refractivity contribution in [2.24, 2.45) is 0 Å². The zero-order chi connectivity index (χ0) is 20.7. The van der Waals surface area contributed by atoms with Gasteiger partial charge >= 0.3 is 0 Å². The number of benzene rings is 1. The average molecular weight is 465 g/mol. The van der Waals surface area contributed by atoms with E-state index >= 15 is 0 Å². The maximum absolute atomic E-state index is 13.2. The Balaban J connectivity index is 2.17. The Labute approximate surface area is 174 Å². The molecule has 7 nitrogen and oxygen atoms in total. The summed E-state index contributed by atoms with van der Waals surface area (Å²) in [7, 11) is -7.68. The van der Waals surface area contributed by atoms with Crippen molar-refractivity contribution in [3.05, 3.63) is 29.3 Å². The first-order valence-electron chi connectivity index (χ1n) is 8.69. The molecular weight excluding hydrogens is 444 g/mol. The number of hydrogen-bond acceptors (Lipinski definition) is 8. The minimum Gasteiger partial charge on any atom is -0.372 e. The molecule has 154 valence electrons. The van der Waals surface area contributed by atoms with Gasteiger partial charge in [0.05, 0.1) is 22.9 Å². The minimum atomic E-state index is -4.02. The van der Waals surface area contributed by atoms with E-state index in [1.807, 2.05) is 18.7 Å². The fourth-order valence-electron chi connectivity index (χ4n) is 2.98. The molecule has 28 heavy (non-hydrogen) atoms. The van der Waals surface area contributed by atoms with Crippen LogP contribution in [0.1, 0.15) is 20.8 Å². The standard InChI is InChI=1S/C17H21ClN2O5S3/c1-4-27(21,22)17-19-15(28(23,24)14-7-5-13(18)6-8-14)16(26-17)20-9-11(2)25-12(3)10-20/h5-8,11-12H,4,9-10H2,1-3H3/t11-,12-/m0/s1. The lowest BCUT2D eigenvalue weighted by molar-refractivity contribution is -0.00517. The van der Waals surface area contributed by atoms with Crippen LogP contribution >= 0.6 is 22.9 Å². The second kappa shape index (κ2) is 7.91. The highest BCUT2D eigenvalue weighted by atomic mass is 35.5. The van der Waals surface area contributed by atoms with Gasteiger partial charge < -0.3 is 9.64 Å². The van der Waals surface area contributed by atoms with Crippen molar-refractivity contribution in [2.75, 3.05) is 23.7 Å². The number of thiazole rings is 1. The number of aromatic nitrogens is 1. The van der Waals surface area contributed by atoms with Crippen LogP contribution in [0.5, 0.6) is 0 Å². The van der Waals surface area contributed by atoms with Crippen LogP contribution in [0, 0.1) is 0 Å². The van der Waals surface area contributed by atoms with Crippen LogP contribution < -0.4 is 4.90 Å². The van der Waals surface area contributed by atoms with Crippen molar-refractivity contribution in [3.63, 3.8) is 0 Å². The molecule has 1 fully saturated rings. The van der Waals surface area contributed by atoms with Crippen molar-refractivity contribution in [1.29, 1.82) is 0 Å². The number of sulfone groups is 2. The molecule has 1 aliphatic rings. The molecule has 2 aromatic rings. The van der Waals surface area contributed by atoms with Crippen molar-refractivity contribution in [2.45, 2.75) is 47.2 Å². The van der Waals surface area contributed by atoms with Crippen molar-refractivity contribution < 1.29 is 21.6 Å². The summed E-state index contributed by atoms with van der Waals surface area (Å²) < 4.78 is 56.8. The van der Waals surface area contributed by atoms with Gasteiger partial charge in [-0.3, -0.25) is 0 Å². The maximum atomic E-state index is 13.2. The fourth-order valence-corrected chi connectivity index (χ4v) is 7.25. The molecule has 0 radical (unpaired) electrons. The molecular formula is C17H21ClN2O5S3. The third kappa shape index (κ3) is 4.20. The fraction of sp³-hybridized carbons (Fsp3) is 0.471. The van der Waals surface area contributed by atoms with Gasteiger partial charge in [0.25, 0.3) is 0 Å². The first kappa shape index (κ1) is 21.5. The molecule has 1 aromatic heterocycles. The van der Waals surface area contributed by atoms with Gasteiger partial charge in [0.15, 0.2) is 5.03 Å². The van der Waals surface area contributed by atoms with Crippen LogP contribution in [0.3, 0.4) is 0 Å². The van der Waals surface area contributed by atoms with E-state index in [-0.39, 0.29) is 32.2 Å². The van der Waals surface area contributed by atoms with Gasteiger partial charge in [0.1, 0.15) is 5.00 Å². The summed E-state index contributed by atoms with van der Waals surface area (Å²) in [5, 5.41) is 0.486. The van der Waals surface area contributed by atoms with Crippen molar-refractivity contribution >= 4 is 47.6 Å². The quantitative estimate of drug-likeness (QED) is 0.671. The molecule has 2 heterocycles. The van der Waals surface area contributed by atoms with E-state index in [0.29, 0.717) is 23.1 Å². The monoisotopic (exact) mass is 464 g/mol. The molecule has 0 bridgehead atoms. The smallest absolute Gasteiger partial charge is 0.226 e. The van der Waals surface area contributed by atoms with E-state index in [9.17, 15) is 16.8 Å².